The Balaban J connectivity index is 1.92. The summed E-state index contributed by atoms with van der Waals surface area (Å²) in [5.41, 5.74) is 2.24. The van der Waals surface area contributed by atoms with Gasteiger partial charge in [-0.1, -0.05) is 18.2 Å². The number of para-hydroxylation sites is 1. The first-order valence-corrected chi connectivity index (χ1v) is 6.78. The van der Waals surface area contributed by atoms with E-state index in [2.05, 4.69) is 23.5 Å². The molecule has 0 amide bonds. The number of anilines is 1. The molecule has 0 spiro atoms. The lowest BCUT2D eigenvalue weighted by molar-refractivity contribution is -0.150. The van der Waals surface area contributed by atoms with Gasteiger partial charge in [0.2, 0.25) is 0 Å². The second kappa shape index (κ2) is 4.30. The van der Waals surface area contributed by atoms with Gasteiger partial charge in [0.1, 0.15) is 0 Å². The van der Waals surface area contributed by atoms with E-state index in [1.165, 1.54) is 11.3 Å². The Morgan fingerprint density at radius 1 is 1.44 bits per heavy atom. The van der Waals surface area contributed by atoms with Gasteiger partial charge in [-0.2, -0.15) is 0 Å². The van der Waals surface area contributed by atoms with Crippen LogP contribution in [0.25, 0.3) is 0 Å². The standard InChI is InChI=1S/C15H19NO2/c1-2-18-14(17)15(8-9-15)12-7-10-16-13-6-4-3-5-11(12)13/h3-6,12,16H,2,7-10H2,1H3. The molecule has 1 aliphatic carbocycles. The second-order valence-electron chi connectivity index (χ2n) is 5.23. The van der Waals surface area contributed by atoms with Crippen LogP contribution in [0.15, 0.2) is 24.3 Å². The van der Waals surface area contributed by atoms with E-state index in [0.717, 1.165) is 25.8 Å². The Kier molecular flexibility index (Phi) is 2.77. The number of nitrogens with one attached hydrogen (secondary N) is 1. The average molecular weight is 245 g/mol. The molecule has 1 saturated carbocycles. The Morgan fingerprint density at radius 3 is 2.94 bits per heavy atom. The van der Waals surface area contributed by atoms with Gasteiger partial charge in [0, 0.05) is 18.2 Å². The predicted molar refractivity (Wildman–Crippen MR) is 70.6 cm³/mol. The molecule has 0 aromatic heterocycles. The van der Waals surface area contributed by atoms with Crippen molar-refractivity contribution in [2.24, 2.45) is 5.41 Å². The molecule has 0 saturated heterocycles. The fraction of sp³-hybridized carbons (Fsp3) is 0.533. The van der Waals surface area contributed by atoms with Crippen molar-refractivity contribution in [3.05, 3.63) is 29.8 Å². The van der Waals surface area contributed by atoms with E-state index in [-0.39, 0.29) is 11.4 Å². The molecule has 1 atom stereocenters. The van der Waals surface area contributed by atoms with Crippen molar-refractivity contribution in [3.8, 4) is 0 Å². The molecule has 3 rings (SSSR count). The Bertz CT molecular complexity index is 465. The molecule has 96 valence electrons. The first-order chi connectivity index (χ1) is 8.78. The molecular weight excluding hydrogens is 226 g/mol. The van der Waals surface area contributed by atoms with Crippen LogP contribution in [0.5, 0.6) is 0 Å². The highest BCUT2D eigenvalue weighted by atomic mass is 16.5. The van der Waals surface area contributed by atoms with Crippen LogP contribution in [0.4, 0.5) is 5.69 Å². The minimum atomic E-state index is -0.228. The molecule has 1 fully saturated rings. The minimum absolute atomic E-state index is 0.00621. The summed E-state index contributed by atoms with van der Waals surface area (Å²) in [6, 6.07) is 8.34. The van der Waals surface area contributed by atoms with Crippen LogP contribution in [-0.2, 0) is 9.53 Å². The van der Waals surface area contributed by atoms with Crippen molar-refractivity contribution in [1.29, 1.82) is 0 Å². The van der Waals surface area contributed by atoms with Gasteiger partial charge in [-0.05, 0) is 37.8 Å². The lowest BCUT2D eigenvalue weighted by Crippen LogP contribution is -2.30. The Morgan fingerprint density at radius 2 is 2.22 bits per heavy atom. The molecular formula is C15H19NO2. The molecule has 2 aliphatic rings. The monoisotopic (exact) mass is 245 g/mol. The molecule has 1 aliphatic heterocycles. The van der Waals surface area contributed by atoms with Crippen LogP contribution in [0.1, 0.15) is 37.7 Å². The van der Waals surface area contributed by atoms with Crippen molar-refractivity contribution in [2.45, 2.75) is 32.1 Å². The van der Waals surface area contributed by atoms with Gasteiger partial charge < -0.3 is 10.1 Å². The quantitative estimate of drug-likeness (QED) is 0.832. The van der Waals surface area contributed by atoms with Crippen LogP contribution >= 0.6 is 0 Å². The Labute approximate surface area is 108 Å². The van der Waals surface area contributed by atoms with Crippen LogP contribution in [0.3, 0.4) is 0 Å². The number of ether oxygens (including phenoxy) is 1. The zero-order valence-electron chi connectivity index (χ0n) is 10.7. The first-order valence-electron chi connectivity index (χ1n) is 6.78. The fourth-order valence-electron chi connectivity index (χ4n) is 3.15. The normalized spacial score (nSPS) is 23.7. The van der Waals surface area contributed by atoms with Crippen molar-refractivity contribution in [3.63, 3.8) is 0 Å². The minimum Gasteiger partial charge on any atom is -0.466 e. The van der Waals surface area contributed by atoms with E-state index in [1.54, 1.807) is 0 Å². The lowest BCUT2D eigenvalue weighted by Gasteiger charge is -2.32. The number of rotatable bonds is 3. The van der Waals surface area contributed by atoms with Crippen molar-refractivity contribution in [2.75, 3.05) is 18.5 Å². The van der Waals surface area contributed by atoms with Gasteiger partial charge in [-0.25, -0.2) is 0 Å². The van der Waals surface area contributed by atoms with Gasteiger partial charge in [0.15, 0.2) is 0 Å². The van der Waals surface area contributed by atoms with Crippen molar-refractivity contribution in [1.82, 2.24) is 0 Å². The summed E-state index contributed by atoms with van der Waals surface area (Å²) >= 11 is 0. The van der Waals surface area contributed by atoms with Crippen molar-refractivity contribution < 1.29 is 9.53 Å². The number of carbonyl (C=O) groups is 1. The second-order valence-corrected chi connectivity index (χ2v) is 5.23. The summed E-state index contributed by atoms with van der Waals surface area (Å²) in [7, 11) is 0. The van der Waals surface area contributed by atoms with Crippen molar-refractivity contribution >= 4 is 11.7 Å². The van der Waals surface area contributed by atoms with Crippen LogP contribution in [0.2, 0.25) is 0 Å². The SMILES string of the molecule is CCOC(=O)C1(C2CCNc3ccccc32)CC1. The topological polar surface area (TPSA) is 38.3 Å². The van der Waals surface area contributed by atoms with Gasteiger partial charge >= 0.3 is 5.97 Å². The summed E-state index contributed by atoms with van der Waals surface area (Å²) in [6.07, 6.45) is 2.98. The fourth-order valence-corrected chi connectivity index (χ4v) is 3.15. The van der Waals surface area contributed by atoms with Crippen LogP contribution in [-0.4, -0.2) is 19.1 Å². The third-order valence-corrected chi connectivity index (χ3v) is 4.22. The number of fused-ring (bicyclic) bond motifs is 1. The first kappa shape index (κ1) is 11.6. The number of hydrogen-bond donors (Lipinski definition) is 1. The summed E-state index contributed by atoms with van der Waals surface area (Å²) in [5.74, 6) is 0.334. The largest absolute Gasteiger partial charge is 0.466 e. The summed E-state index contributed by atoms with van der Waals surface area (Å²) in [5, 5.41) is 3.41. The van der Waals surface area contributed by atoms with E-state index < -0.39 is 0 Å². The van der Waals surface area contributed by atoms with E-state index in [4.69, 9.17) is 4.74 Å². The van der Waals surface area contributed by atoms with Crippen LogP contribution in [0, 0.1) is 5.41 Å². The maximum absolute atomic E-state index is 12.2. The number of carbonyl (C=O) groups excluding carboxylic acids is 1. The molecule has 0 radical (unpaired) electrons. The molecule has 18 heavy (non-hydrogen) atoms. The molecule has 1 aromatic carbocycles. The molecule has 1 heterocycles. The van der Waals surface area contributed by atoms with Gasteiger partial charge in [-0.3, -0.25) is 4.79 Å². The molecule has 1 unspecified atom stereocenters. The van der Waals surface area contributed by atoms with E-state index in [9.17, 15) is 4.79 Å². The number of esters is 1. The molecule has 1 aromatic rings. The maximum atomic E-state index is 12.2. The zero-order valence-corrected chi connectivity index (χ0v) is 10.7. The Hall–Kier alpha value is -1.51. The third-order valence-electron chi connectivity index (χ3n) is 4.22. The average Bonchev–Trinajstić information content (AvgIpc) is 3.20. The van der Waals surface area contributed by atoms with Gasteiger partial charge in [0.25, 0.3) is 0 Å². The summed E-state index contributed by atoms with van der Waals surface area (Å²) in [4.78, 5) is 12.2. The van der Waals surface area contributed by atoms with Crippen LogP contribution < -0.4 is 5.32 Å². The highest BCUT2D eigenvalue weighted by Crippen LogP contribution is 2.59. The number of hydrogen-bond acceptors (Lipinski definition) is 3. The third kappa shape index (κ3) is 1.69. The molecule has 1 N–H and O–H groups in total. The smallest absolute Gasteiger partial charge is 0.312 e. The van der Waals surface area contributed by atoms with E-state index in [0.29, 0.717) is 12.5 Å². The maximum Gasteiger partial charge on any atom is 0.312 e. The van der Waals surface area contributed by atoms with Gasteiger partial charge in [0.05, 0.1) is 12.0 Å². The molecule has 0 bridgehead atoms. The van der Waals surface area contributed by atoms with Gasteiger partial charge in [-0.15, -0.1) is 0 Å². The summed E-state index contributed by atoms with van der Waals surface area (Å²) in [6.45, 7) is 3.31. The highest BCUT2D eigenvalue weighted by molar-refractivity contribution is 5.82. The number of benzene rings is 1. The summed E-state index contributed by atoms with van der Waals surface area (Å²) < 4.78 is 5.28. The lowest BCUT2D eigenvalue weighted by atomic mass is 9.78. The highest BCUT2D eigenvalue weighted by Gasteiger charge is 2.57. The molecule has 3 heteroatoms. The predicted octanol–water partition coefficient (Wildman–Crippen LogP) is 2.93. The van der Waals surface area contributed by atoms with E-state index in [1.807, 2.05) is 13.0 Å². The van der Waals surface area contributed by atoms with E-state index >= 15 is 0 Å². The zero-order chi connectivity index (χ0) is 12.6. The molecule has 3 nitrogen and oxygen atoms in total.